The Morgan fingerprint density at radius 3 is 2.58 bits per heavy atom. The SMILES string of the molecule is [B][C@@H]1O[C@@]2(CO)C(C)O[C@@H]1[C@@H]2O. The normalized spacial score (nSPS) is 57.9. The Morgan fingerprint density at radius 2 is 2.25 bits per heavy atom. The third-order valence-corrected chi connectivity index (χ3v) is 2.79. The number of fused-ring (bicyclic) bond motifs is 2. The van der Waals surface area contributed by atoms with E-state index >= 15 is 0 Å². The summed E-state index contributed by atoms with van der Waals surface area (Å²) in [7, 11) is 5.51. The lowest BCUT2D eigenvalue weighted by Crippen LogP contribution is -2.49. The van der Waals surface area contributed by atoms with Crippen LogP contribution in [0.1, 0.15) is 6.92 Å². The maximum atomic E-state index is 9.63. The zero-order valence-electron chi connectivity index (χ0n) is 6.80. The summed E-state index contributed by atoms with van der Waals surface area (Å²) in [4.78, 5) is 0. The molecule has 5 heteroatoms. The second kappa shape index (κ2) is 2.45. The zero-order chi connectivity index (χ0) is 8.93. The molecule has 2 aliphatic rings. The Hall–Kier alpha value is -0.0951. The third kappa shape index (κ3) is 0.772. The summed E-state index contributed by atoms with van der Waals surface area (Å²) in [5.41, 5.74) is -0.996. The van der Waals surface area contributed by atoms with Crippen molar-refractivity contribution in [2.45, 2.75) is 36.8 Å². The first kappa shape index (κ1) is 8.50. The first-order valence-corrected chi connectivity index (χ1v) is 3.99. The summed E-state index contributed by atoms with van der Waals surface area (Å²) >= 11 is 0. The van der Waals surface area contributed by atoms with Crippen LogP contribution in [0.25, 0.3) is 0 Å². The number of rotatable bonds is 1. The second-order valence-electron chi connectivity index (χ2n) is 3.38. The molecule has 66 valence electrons. The van der Waals surface area contributed by atoms with Crippen LogP contribution >= 0.6 is 0 Å². The van der Waals surface area contributed by atoms with Crippen LogP contribution in [-0.2, 0) is 9.47 Å². The molecule has 0 spiro atoms. The van der Waals surface area contributed by atoms with Crippen molar-refractivity contribution in [3.63, 3.8) is 0 Å². The van der Waals surface area contributed by atoms with Crippen molar-refractivity contribution in [1.29, 1.82) is 0 Å². The van der Waals surface area contributed by atoms with Crippen molar-refractivity contribution in [2.24, 2.45) is 0 Å². The number of ether oxygens (including phenoxy) is 2. The highest BCUT2D eigenvalue weighted by molar-refractivity contribution is 6.11. The average molecular weight is 170 g/mol. The topological polar surface area (TPSA) is 58.9 Å². The van der Waals surface area contributed by atoms with Crippen LogP contribution in [0.3, 0.4) is 0 Å². The van der Waals surface area contributed by atoms with Crippen LogP contribution in [0.15, 0.2) is 0 Å². The standard InChI is InChI=1S/C7H11BO4/c1-3-7(2-9)5(10)4(11-3)6(8)12-7/h3-6,9-10H,2H2,1H3/t3?,4-,5+,6-,7+/m1/s1. The van der Waals surface area contributed by atoms with Crippen molar-refractivity contribution < 1.29 is 19.7 Å². The molecule has 2 N–H and O–H groups in total. The average Bonchev–Trinajstić information content (AvgIpc) is 2.41. The van der Waals surface area contributed by atoms with E-state index in [0.29, 0.717) is 0 Å². The zero-order valence-corrected chi connectivity index (χ0v) is 6.80. The smallest absolute Gasteiger partial charge is 0.145 e. The van der Waals surface area contributed by atoms with E-state index in [1.54, 1.807) is 6.92 Å². The van der Waals surface area contributed by atoms with Gasteiger partial charge < -0.3 is 19.7 Å². The van der Waals surface area contributed by atoms with Crippen LogP contribution in [0, 0.1) is 0 Å². The molecule has 0 aliphatic carbocycles. The van der Waals surface area contributed by atoms with Gasteiger partial charge in [0.25, 0.3) is 0 Å². The van der Waals surface area contributed by atoms with E-state index in [1.165, 1.54) is 0 Å². The van der Waals surface area contributed by atoms with Crippen molar-refractivity contribution in [3.8, 4) is 0 Å². The molecular formula is C7H11BO4. The van der Waals surface area contributed by atoms with Gasteiger partial charge in [-0.05, 0) is 6.92 Å². The molecular weight excluding hydrogens is 159 g/mol. The van der Waals surface area contributed by atoms with E-state index in [1.807, 2.05) is 0 Å². The van der Waals surface area contributed by atoms with Crippen LogP contribution in [0.5, 0.6) is 0 Å². The Balaban J connectivity index is 2.30. The fourth-order valence-corrected chi connectivity index (χ4v) is 1.95. The monoisotopic (exact) mass is 170 g/mol. The second-order valence-corrected chi connectivity index (χ2v) is 3.38. The fourth-order valence-electron chi connectivity index (χ4n) is 1.95. The summed E-state index contributed by atoms with van der Waals surface area (Å²) in [6.45, 7) is 1.49. The maximum absolute atomic E-state index is 9.63. The van der Waals surface area contributed by atoms with Gasteiger partial charge >= 0.3 is 0 Å². The summed E-state index contributed by atoms with van der Waals surface area (Å²) in [5, 5.41) is 18.7. The van der Waals surface area contributed by atoms with Gasteiger partial charge in [0.1, 0.15) is 25.7 Å². The molecule has 4 nitrogen and oxygen atoms in total. The van der Waals surface area contributed by atoms with Gasteiger partial charge in [0.15, 0.2) is 0 Å². The number of aliphatic hydroxyl groups excluding tert-OH is 2. The van der Waals surface area contributed by atoms with Gasteiger partial charge in [-0.2, -0.15) is 0 Å². The van der Waals surface area contributed by atoms with E-state index < -0.39 is 23.8 Å². The van der Waals surface area contributed by atoms with Crippen molar-refractivity contribution in [1.82, 2.24) is 0 Å². The number of hydrogen-bond donors (Lipinski definition) is 2. The van der Waals surface area contributed by atoms with E-state index in [0.717, 1.165) is 0 Å². The van der Waals surface area contributed by atoms with Crippen molar-refractivity contribution in [3.05, 3.63) is 0 Å². The fraction of sp³-hybridized carbons (Fsp3) is 1.00. The molecule has 2 saturated heterocycles. The lowest BCUT2D eigenvalue weighted by atomic mass is 9.91. The van der Waals surface area contributed by atoms with E-state index in [4.69, 9.17) is 22.4 Å². The molecule has 5 atom stereocenters. The highest BCUT2D eigenvalue weighted by Crippen LogP contribution is 2.42. The lowest BCUT2D eigenvalue weighted by Gasteiger charge is -2.33. The van der Waals surface area contributed by atoms with E-state index in [2.05, 4.69) is 0 Å². The summed E-state index contributed by atoms with van der Waals surface area (Å²) in [6, 6.07) is -0.622. The largest absolute Gasteiger partial charge is 0.393 e. The molecule has 2 fully saturated rings. The highest BCUT2D eigenvalue weighted by Gasteiger charge is 2.62. The molecule has 2 rings (SSSR count). The Morgan fingerprint density at radius 1 is 1.58 bits per heavy atom. The predicted octanol–water partition coefficient (Wildman–Crippen LogP) is -1.61. The summed E-state index contributed by atoms with van der Waals surface area (Å²) in [5.74, 6) is 0. The van der Waals surface area contributed by atoms with Crippen molar-refractivity contribution in [2.75, 3.05) is 6.61 Å². The number of aliphatic hydroxyl groups is 2. The molecule has 0 amide bonds. The highest BCUT2D eigenvalue weighted by atomic mass is 16.6. The summed E-state index contributed by atoms with van der Waals surface area (Å²) < 4.78 is 10.6. The molecule has 0 aromatic heterocycles. The minimum atomic E-state index is -0.996. The first-order valence-electron chi connectivity index (χ1n) is 3.99. The maximum Gasteiger partial charge on any atom is 0.145 e. The predicted molar refractivity (Wildman–Crippen MR) is 40.8 cm³/mol. The van der Waals surface area contributed by atoms with Gasteiger partial charge in [-0.15, -0.1) is 0 Å². The molecule has 12 heavy (non-hydrogen) atoms. The molecule has 2 bridgehead atoms. The Bertz CT molecular complexity index is 200. The van der Waals surface area contributed by atoms with Gasteiger partial charge in [0.2, 0.25) is 0 Å². The van der Waals surface area contributed by atoms with Crippen LogP contribution in [-0.4, -0.2) is 54.6 Å². The van der Waals surface area contributed by atoms with Crippen molar-refractivity contribution >= 4 is 7.85 Å². The molecule has 2 heterocycles. The van der Waals surface area contributed by atoms with Gasteiger partial charge in [0.05, 0.1) is 12.7 Å². The molecule has 1 unspecified atom stereocenters. The third-order valence-electron chi connectivity index (χ3n) is 2.79. The van der Waals surface area contributed by atoms with Gasteiger partial charge in [-0.25, -0.2) is 0 Å². The molecule has 2 aliphatic heterocycles. The van der Waals surface area contributed by atoms with Crippen LogP contribution in [0.2, 0.25) is 0 Å². The van der Waals surface area contributed by atoms with E-state index in [9.17, 15) is 5.11 Å². The molecule has 0 aromatic rings. The van der Waals surface area contributed by atoms with Gasteiger partial charge in [-0.3, -0.25) is 0 Å². The Kier molecular flexibility index (Phi) is 1.73. The molecule has 2 radical (unpaired) electrons. The molecule has 0 saturated carbocycles. The first-order chi connectivity index (χ1) is 5.62. The Labute approximate surface area is 71.9 Å². The van der Waals surface area contributed by atoms with Gasteiger partial charge in [-0.1, -0.05) is 0 Å². The van der Waals surface area contributed by atoms with Crippen LogP contribution < -0.4 is 0 Å². The quantitative estimate of drug-likeness (QED) is 0.465. The lowest BCUT2D eigenvalue weighted by molar-refractivity contribution is -0.173. The minimum absolute atomic E-state index is 0.264. The number of hydrogen-bond acceptors (Lipinski definition) is 4. The minimum Gasteiger partial charge on any atom is -0.393 e. The van der Waals surface area contributed by atoms with Gasteiger partial charge in [0, 0.05) is 6.00 Å². The summed E-state index contributed by atoms with van der Waals surface area (Å²) in [6.07, 6.45) is -1.61. The van der Waals surface area contributed by atoms with E-state index in [-0.39, 0.29) is 12.7 Å². The molecule has 0 aromatic carbocycles. The van der Waals surface area contributed by atoms with Crippen LogP contribution in [0.4, 0.5) is 0 Å².